The van der Waals surface area contributed by atoms with E-state index in [9.17, 15) is 14.4 Å². The molecule has 0 aliphatic carbocycles. The molecule has 0 saturated carbocycles. The lowest BCUT2D eigenvalue weighted by Crippen LogP contribution is -2.59. The van der Waals surface area contributed by atoms with Gasteiger partial charge in [-0.05, 0) is 13.3 Å². The Hall–Kier alpha value is -1.79. The van der Waals surface area contributed by atoms with Crippen LogP contribution in [0.2, 0.25) is 0 Å². The summed E-state index contributed by atoms with van der Waals surface area (Å²) in [5.41, 5.74) is 0. The number of piperazine rings is 1. The van der Waals surface area contributed by atoms with Gasteiger partial charge in [-0.2, -0.15) is 0 Å². The molecule has 2 atom stereocenters. The molecule has 0 aromatic rings. The van der Waals surface area contributed by atoms with E-state index in [0.29, 0.717) is 19.5 Å². The standard InChI is InChI=1S/C10H17N3O4/c1-3-7(9(15)16)12-10(17)13-5-4-11-8(14)6(13)2/h6-7H,3-5H2,1-2H3,(H,11,14)(H,12,17)(H,15,16)/t6?,7-/m1/s1. The van der Waals surface area contributed by atoms with E-state index in [1.807, 2.05) is 0 Å². The number of urea groups is 1. The Morgan fingerprint density at radius 2 is 2.29 bits per heavy atom. The number of hydrogen-bond donors (Lipinski definition) is 3. The third-order valence-electron chi connectivity index (χ3n) is 2.76. The number of amides is 3. The van der Waals surface area contributed by atoms with E-state index >= 15 is 0 Å². The summed E-state index contributed by atoms with van der Waals surface area (Å²) >= 11 is 0. The first-order chi connectivity index (χ1) is 7.97. The number of nitrogens with one attached hydrogen (secondary N) is 2. The molecule has 1 unspecified atom stereocenters. The van der Waals surface area contributed by atoms with E-state index in [2.05, 4.69) is 10.6 Å². The van der Waals surface area contributed by atoms with Gasteiger partial charge in [-0.15, -0.1) is 0 Å². The van der Waals surface area contributed by atoms with Crippen LogP contribution in [-0.4, -0.2) is 53.1 Å². The Balaban J connectivity index is 2.63. The van der Waals surface area contributed by atoms with Gasteiger partial charge < -0.3 is 20.6 Å². The first kappa shape index (κ1) is 13.3. The van der Waals surface area contributed by atoms with E-state index in [1.165, 1.54) is 4.90 Å². The summed E-state index contributed by atoms with van der Waals surface area (Å²) in [4.78, 5) is 35.3. The summed E-state index contributed by atoms with van der Waals surface area (Å²) in [6.07, 6.45) is 0.301. The van der Waals surface area contributed by atoms with Crippen molar-refractivity contribution in [2.75, 3.05) is 13.1 Å². The first-order valence-corrected chi connectivity index (χ1v) is 5.55. The van der Waals surface area contributed by atoms with Crippen LogP contribution in [0.1, 0.15) is 20.3 Å². The molecule has 3 N–H and O–H groups in total. The van der Waals surface area contributed by atoms with Gasteiger partial charge in [0.1, 0.15) is 12.1 Å². The maximum Gasteiger partial charge on any atom is 0.326 e. The molecule has 1 aliphatic heterocycles. The molecule has 17 heavy (non-hydrogen) atoms. The molecular weight excluding hydrogens is 226 g/mol. The molecule has 0 aromatic carbocycles. The fraction of sp³-hybridized carbons (Fsp3) is 0.700. The molecule has 1 saturated heterocycles. The van der Waals surface area contributed by atoms with Gasteiger partial charge in [-0.1, -0.05) is 6.92 Å². The number of carbonyl (C=O) groups is 3. The zero-order chi connectivity index (χ0) is 13.0. The average Bonchev–Trinajstić information content (AvgIpc) is 2.28. The quantitative estimate of drug-likeness (QED) is 0.615. The van der Waals surface area contributed by atoms with Crippen molar-refractivity contribution in [1.82, 2.24) is 15.5 Å². The number of nitrogens with zero attached hydrogens (tertiary/aromatic N) is 1. The molecule has 1 fully saturated rings. The number of carbonyl (C=O) groups excluding carboxylic acids is 2. The van der Waals surface area contributed by atoms with Crippen molar-refractivity contribution in [2.24, 2.45) is 0 Å². The van der Waals surface area contributed by atoms with Gasteiger partial charge in [-0.3, -0.25) is 4.79 Å². The van der Waals surface area contributed by atoms with Gasteiger partial charge in [0.05, 0.1) is 0 Å². The zero-order valence-electron chi connectivity index (χ0n) is 9.90. The normalized spacial score (nSPS) is 21.6. The number of hydrogen-bond acceptors (Lipinski definition) is 3. The smallest absolute Gasteiger partial charge is 0.326 e. The molecule has 0 bridgehead atoms. The fourth-order valence-corrected chi connectivity index (χ4v) is 1.63. The SMILES string of the molecule is CC[C@@H](NC(=O)N1CCNC(=O)C1C)C(=O)O. The molecule has 1 heterocycles. The molecule has 0 spiro atoms. The van der Waals surface area contributed by atoms with Gasteiger partial charge in [0.15, 0.2) is 0 Å². The van der Waals surface area contributed by atoms with Crippen LogP contribution >= 0.6 is 0 Å². The summed E-state index contributed by atoms with van der Waals surface area (Å²) in [6, 6.07) is -2.00. The summed E-state index contributed by atoms with van der Waals surface area (Å²) in [6.45, 7) is 4.05. The Morgan fingerprint density at radius 3 is 2.82 bits per heavy atom. The van der Waals surface area contributed by atoms with Crippen LogP contribution < -0.4 is 10.6 Å². The van der Waals surface area contributed by atoms with E-state index < -0.39 is 24.1 Å². The van der Waals surface area contributed by atoms with Crippen LogP contribution in [0, 0.1) is 0 Å². The maximum atomic E-state index is 11.8. The Bertz CT molecular complexity index is 332. The summed E-state index contributed by atoms with van der Waals surface area (Å²) < 4.78 is 0. The molecule has 1 rings (SSSR count). The molecular formula is C10H17N3O4. The predicted molar refractivity (Wildman–Crippen MR) is 59.4 cm³/mol. The number of carboxylic acids is 1. The van der Waals surface area contributed by atoms with Crippen LogP contribution in [0.4, 0.5) is 4.79 Å². The third-order valence-corrected chi connectivity index (χ3v) is 2.76. The van der Waals surface area contributed by atoms with Crippen molar-refractivity contribution in [3.05, 3.63) is 0 Å². The van der Waals surface area contributed by atoms with Crippen molar-refractivity contribution in [3.8, 4) is 0 Å². The molecule has 96 valence electrons. The first-order valence-electron chi connectivity index (χ1n) is 5.55. The minimum Gasteiger partial charge on any atom is -0.480 e. The van der Waals surface area contributed by atoms with Crippen molar-refractivity contribution in [1.29, 1.82) is 0 Å². The van der Waals surface area contributed by atoms with Gasteiger partial charge in [0.2, 0.25) is 5.91 Å². The van der Waals surface area contributed by atoms with Gasteiger partial charge in [0.25, 0.3) is 0 Å². The molecule has 3 amide bonds. The third kappa shape index (κ3) is 3.08. The zero-order valence-corrected chi connectivity index (χ0v) is 9.90. The number of aliphatic carboxylic acids is 1. The molecule has 7 heteroatoms. The molecule has 0 radical (unpaired) electrons. The highest BCUT2D eigenvalue weighted by atomic mass is 16.4. The van der Waals surface area contributed by atoms with Crippen LogP contribution in [0.3, 0.4) is 0 Å². The van der Waals surface area contributed by atoms with E-state index in [-0.39, 0.29) is 5.91 Å². The molecule has 1 aliphatic rings. The van der Waals surface area contributed by atoms with Gasteiger partial charge in [0, 0.05) is 13.1 Å². The minimum absolute atomic E-state index is 0.227. The van der Waals surface area contributed by atoms with Crippen LogP contribution in [0.5, 0.6) is 0 Å². The lowest BCUT2D eigenvalue weighted by atomic mass is 10.2. The second-order valence-electron chi connectivity index (χ2n) is 3.91. The van der Waals surface area contributed by atoms with Gasteiger partial charge >= 0.3 is 12.0 Å². The average molecular weight is 243 g/mol. The predicted octanol–water partition coefficient (Wildman–Crippen LogP) is -0.620. The topological polar surface area (TPSA) is 98.7 Å². The van der Waals surface area contributed by atoms with Crippen molar-refractivity contribution in [2.45, 2.75) is 32.4 Å². The Morgan fingerprint density at radius 1 is 1.65 bits per heavy atom. The Kier molecular flexibility index (Phi) is 4.30. The van der Waals surface area contributed by atoms with E-state index in [0.717, 1.165) is 0 Å². The van der Waals surface area contributed by atoms with Crippen LogP contribution in [0.25, 0.3) is 0 Å². The molecule has 7 nitrogen and oxygen atoms in total. The summed E-state index contributed by atoms with van der Waals surface area (Å²) in [7, 11) is 0. The lowest BCUT2D eigenvalue weighted by Gasteiger charge is -2.33. The largest absolute Gasteiger partial charge is 0.480 e. The second kappa shape index (κ2) is 5.51. The highest BCUT2D eigenvalue weighted by Gasteiger charge is 2.31. The fourth-order valence-electron chi connectivity index (χ4n) is 1.63. The summed E-state index contributed by atoms with van der Waals surface area (Å²) in [5, 5.41) is 13.8. The van der Waals surface area contributed by atoms with Crippen molar-refractivity contribution >= 4 is 17.9 Å². The minimum atomic E-state index is -1.07. The second-order valence-corrected chi connectivity index (χ2v) is 3.91. The van der Waals surface area contributed by atoms with Gasteiger partial charge in [-0.25, -0.2) is 9.59 Å². The maximum absolute atomic E-state index is 11.8. The van der Waals surface area contributed by atoms with Crippen molar-refractivity contribution < 1.29 is 19.5 Å². The molecule has 0 aromatic heterocycles. The van der Waals surface area contributed by atoms with Crippen LogP contribution in [0.15, 0.2) is 0 Å². The highest BCUT2D eigenvalue weighted by molar-refractivity contribution is 5.89. The number of rotatable bonds is 3. The monoisotopic (exact) mass is 243 g/mol. The van der Waals surface area contributed by atoms with E-state index in [4.69, 9.17) is 5.11 Å². The van der Waals surface area contributed by atoms with E-state index in [1.54, 1.807) is 13.8 Å². The number of carboxylic acid groups (broad SMARTS) is 1. The highest BCUT2D eigenvalue weighted by Crippen LogP contribution is 2.05. The summed E-state index contributed by atoms with van der Waals surface area (Å²) in [5.74, 6) is -1.30. The van der Waals surface area contributed by atoms with Crippen LogP contribution in [-0.2, 0) is 9.59 Å². The Labute approximate surface area is 99.2 Å². The van der Waals surface area contributed by atoms with Crippen molar-refractivity contribution in [3.63, 3.8) is 0 Å². The lowest BCUT2D eigenvalue weighted by molar-refractivity contribution is -0.139.